The predicted molar refractivity (Wildman–Crippen MR) is 95.6 cm³/mol. The molecule has 148 valence electrons. The van der Waals surface area contributed by atoms with Gasteiger partial charge in [0, 0.05) is 43.0 Å². The number of esters is 1. The van der Waals surface area contributed by atoms with Gasteiger partial charge in [0.1, 0.15) is 18.1 Å². The van der Waals surface area contributed by atoms with Gasteiger partial charge in [-0.05, 0) is 24.3 Å². The van der Waals surface area contributed by atoms with Gasteiger partial charge in [-0.25, -0.2) is 9.59 Å². The van der Waals surface area contributed by atoms with Crippen LogP contribution in [0, 0.1) is 20.2 Å². The minimum Gasteiger partial charge on any atom is -0.425 e. The minimum atomic E-state index is -0.978. The molecule has 0 saturated carbocycles. The molecule has 0 aliphatic rings. The van der Waals surface area contributed by atoms with Crippen molar-refractivity contribution >= 4 is 34.4 Å². The third-order valence-electron chi connectivity index (χ3n) is 2.79. The van der Waals surface area contributed by atoms with Gasteiger partial charge in [0.15, 0.2) is 0 Å². The third-order valence-corrected chi connectivity index (χ3v) is 2.86. The molecule has 0 aliphatic heterocycles. The Morgan fingerprint density at radius 1 is 0.857 bits per heavy atom. The maximum absolute atomic E-state index is 11.0. The van der Waals surface area contributed by atoms with Gasteiger partial charge < -0.3 is 14.2 Å². The largest absolute Gasteiger partial charge is 0.425 e. The Morgan fingerprint density at radius 3 is 1.57 bits per heavy atom. The molecule has 0 N–H and O–H groups in total. The number of nitrogens with zero attached hydrogens (tertiary/aromatic N) is 2. The highest BCUT2D eigenvalue weighted by atomic mass is 35.5. The second-order valence-electron chi connectivity index (χ2n) is 4.75. The first-order valence-corrected chi connectivity index (χ1v) is 7.66. The number of methoxy groups -OCH3 is 1. The van der Waals surface area contributed by atoms with E-state index < -0.39 is 21.2 Å². The fourth-order valence-corrected chi connectivity index (χ4v) is 1.73. The van der Waals surface area contributed by atoms with Gasteiger partial charge in [0.25, 0.3) is 11.4 Å². The second kappa shape index (κ2) is 11.2. The van der Waals surface area contributed by atoms with E-state index in [9.17, 15) is 29.8 Å². The molecular formula is C16H13ClN2O9. The van der Waals surface area contributed by atoms with E-state index in [2.05, 4.69) is 9.47 Å². The quantitative estimate of drug-likeness (QED) is 0.228. The zero-order valence-electron chi connectivity index (χ0n) is 14.3. The van der Waals surface area contributed by atoms with Crippen molar-refractivity contribution in [2.24, 2.45) is 0 Å². The highest BCUT2D eigenvalue weighted by molar-refractivity contribution is 6.61. The number of halogens is 1. The Labute approximate surface area is 162 Å². The lowest BCUT2D eigenvalue weighted by Crippen LogP contribution is -2.13. The van der Waals surface area contributed by atoms with E-state index in [0.29, 0.717) is 0 Å². The highest BCUT2D eigenvalue weighted by Gasteiger charge is 2.07. The normalized spacial score (nSPS) is 9.50. The topological polar surface area (TPSA) is 148 Å². The van der Waals surface area contributed by atoms with E-state index in [1.54, 1.807) is 0 Å². The smallest absolute Gasteiger partial charge is 0.409 e. The Kier molecular flexibility index (Phi) is 8.99. The Bertz CT molecular complexity index is 838. The molecular weight excluding hydrogens is 400 g/mol. The van der Waals surface area contributed by atoms with E-state index in [4.69, 9.17) is 16.3 Å². The Hall–Kier alpha value is -3.57. The molecule has 11 nitrogen and oxygen atoms in total. The van der Waals surface area contributed by atoms with Crippen LogP contribution in [0.1, 0.15) is 0 Å². The number of carbonyl (C=O) groups is 2. The standard InChI is InChI=1S/C9H9NO5.C7H4ClNO4/c1-14-6-9(11)15-8-4-2-7(3-5-8)10(12)13;8-7(10)13-6-3-1-5(2-4-6)9(11)12/h2-5H,6H2,1H3;1-4H. The fourth-order valence-electron chi connectivity index (χ4n) is 1.64. The number of ether oxygens (including phenoxy) is 3. The molecule has 28 heavy (non-hydrogen) atoms. The van der Waals surface area contributed by atoms with Crippen LogP contribution in [0.15, 0.2) is 48.5 Å². The minimum absolute atomic E-state index is 0.0541. The first-order chi connectivity index (χ1) is 13.2. The summed E-state index contributed by atoms with van der Waals surface area (Å²) in [6.45, 7) is -0.156. The van der Waals surface area contributed by atoms with Crippen LogP contribution >= 0.6 is 11.6 Å². The summed E-state index contributed by atoms with van der Waals surface area (Å²) in [6.07, 6.45) is 0. The number of non-ortho nitro benzene ring substituents is 2. The first-order valence-electron chi connectivity index (χ1n) is 7.28. The summed E-state index contributed by atoms with van der Waals surface area (Å²) < 4.78 is 13.8. The van der Waals surface area contributed by atoms with E-state index in [1.165, 1.54) is 55.6 Å². The number of hydrogen-bond donors (Lipinski definition) is 0. The molecule has 0 bridgehead atoms. The lowest BCUT2D eigenvalue weighted by atomic mass is 10.3. The summed E-state index contributed by atoms with van der Waals surface area (Å²) in [6, 6.07) is 10.2. The van der Waals surface area contributed by atoms with Crippen molar-refractivity contribution in [3.63, 3.8) is 0 Å². The van der Waals surface area contributed by atoms with Crippen LogP contribution in [-0.4, -0.2) is 35.0 Å². The number of benzene rings is 2. The van der Waals surface area contributed by atoms with Gasteiger partial charge in [-0.15, -0.1) is 0 Å². The van der Waals surface area contributed by atoms with Crippen LogP contribution in [-0.2, 0) is 9.53 Å². The lowest BCUT2D eigenvalue weighted by Gasteiger charge is -2.02. The lowest BCUT2D eigenvalue weighted by molar-refractivity contribution is -0.385. The van der Waals surface area contributed by atoms with Crippen molar-refractivity contribution in [1.82, 2.24) is 0 Å². The van der Waals surface area contributed by atoms with Crippen molar-refractivity contribution in [3.05, 3.63) is 68.8 Å². The third kappa shape index (κ3) is 8.21. The molecule has 0 fully saturated rings. The van der Waals surface area contributed by atoms with Crippen molar-refractivity contribution < 1.29 is 33.6 Å². The number of hydrogen-bond acceptors (Lipinski definition) is 9. The summed E-state index contributed by atoms with van der Waals surface area (Å²) in [4.78, 5) is 40.6. The zero-order chi connectivity index (χ0) is 21.1. The first kappa shape index (κ1) is 22.5. The van der Waals surface area contributed by atoms with Gasteiger partial charge in [0.2, 0.25) is 0 Å². The summed E-state index contributed by atoms with van der Waals surface area (Å²) >= 11 is 4.92. The number of carbonyl (C=O) groups excluding carboxylic acids is 2. The maximum Gasteiger partial charge on any atom is 0.409 e. The van der Waals surface area contributed by atoms with Crippen molar-refractivity contribution in [2.75, 3.05) is 13.7 Å². The van der Waals surface area contributed by atoms with Crippen LogP contribution < -0.4 is 9.47 Å². The van der Waals surface area contributed by atoms with E-state index >= 15 is 0 Å². The number of nitro benzene ring substituents is 2. The molecule has 0 unspecified atom stereocenters. The highest BCUT2D eigenvalue weighted by Crippen LogP contribution is 2.18. The van der Waals surface area contributed by atoms with E-state index in [1.807, 2.05) is 0 Å². The zero-order valence-corrected chi connectivity index (χ0v) is 15.0. The SMILES string of the molecule is COCC(=O)Oc1ccc([N+](=O)[O-])cc1.O=C(Cl)Oc1ccc([N+](=O)[O-])cc1. The van der Waals surface area contributed by atoms with Crippen molar-refractivity contribution in [2.45, 2.75) is 0 Å². The fraction of sp³-hybridized carbons (Fsp3) is 0.125. The molecule has 0 amide bonds. The van der Waals surface area contributed by atoms with Crippen molar-refractivity contribution in [3.8, 4) is 11.5 Å². The molecule has 0 atom stereocenters. The number of rotatable bonds is 6. The number of nitro groups is 2. The molecule has 0 heterocycles. The summed E-state index contributed by atoms with van der Waals surface area (Å²) in [5, 5.41) is 20.5. The molecule has 0 aliphatic carbocycles. The van der Waals surface area contributed by atoms with Gasteiger partial charge >= 0.3 is 11.4 Å². The molecule has 0 spiro atoms. The molecule has 2 aromatic carbocycles. The molecule has 0 aromatic heterocycles. The predicted octanol–water partition coefficient (Wildman–Crippen LogP) is 3.48. The summed E-state index contributed by atoms with van der Waals surface area (Å²) in [7, 11) is 1.37. The van der Waals surface area contributed by atoms with Gasteiger partial charge in [-0.2, -0.15) is 0 Å². The van der Waals surface area contributed by atoms with Gasteiger partial charge in [-0.1, -0.05) is 0 Å². The van der Waals surface area contributed by atoms with Crippen LogP contribution in [0.3, 0.4) is 0 Å². The van der Waals surface area contributed by atoms with Crippen molar-refractivity contribution in [1.29, 1.82) is 0 Å². The van der Waals surface area contributed by atoms with Crippen LogP contribution in [0.25, 0.3) is 0 Å². The average Bonchev–Trinajstić information content (AvgIpc) is 2.63. The molecule has 12 heteroatoms. The maximum atomic E-state index is 11.0. The van der Waals surface area contributed by atoms with Crippen LogP contribution in [0.4, 0.5) is 16.2 Å². The Balaban J connectivity index is 0.000000283. The summed E-state index contributed by atoms with van der Waals surface area (Å²) in [5.41, 5.74) is -1.11. The summed E-state index contributed by atoms with van der Waals surface area (Å²) in [5.74, 6) is -0.125. The van der Waals surface area contributed by atoms with Crippen LogP contribution in [0.2, 0.25) is 0 Å². The second-order valence-corrected chi connectivity index (χ2v) is 5.06. The van der Waals surface area contributed by atoms with Gasteiger partial charge in [-0.3, -0.25) is 20.2 Å². The van der Waals surface area contributed by atoms with E-state index in [0.717, 1.165) is 0 Å². The molecule has 0 saturated heterocycles. The monoisotopic (exact) mass is 412 g/mol. The molecule has 2 aromatic rings. The average molecular weight is 413 g/mol. The van der Waals surface area contributed by atoms with E-state index in [-0.39, 0.29) is 29.5 Å². The molecule has 0 radical (unpaired) electrons. The Morgan fingerprint density at radius 2 is 1.25 bits per heavy atom. The van der Waals surface area contributed by atoms with Crippen LogP contribution in [0.5, 0.6) is 11.5 Å². The molecule has 2 rings (SSSR count). The van der Waals surface area contributed by atoms with Gasteiger partial charge in [0.05, 0.1) is 9.85 Å².